The van der Waals surface area contributed by atoms with Gasteiger partial charge in [0.05, 0.1) is 6.61 Å². The predicted octanol–water partition coefficient (Wildman–Crippen LogP) is 1.68. The quantitative estimate of drug-likeness (QED) is 0.749. The minimum atomic E-state index is -4.21. The van der Waals surface area contributed by atoms with E-state index in [1.165, 1.54) is 0 Å². The van der Waals surface area contributed by atoms with Crippen LogP contribution in [0.5, 0.6) is 0 Å². The Morgan fingerprint density at radius 1 is 1.38 bits per heavy atom. The summed E-state index contributed by atoms with van der Waals surface area (Å²) in [6, 6.07) is 1.89. The standard InChI is InChI=1S/C13H15F2NO4S/c1-2-20-13(17)8-16(10-4-5-10)21(18,19)12-6-3-9(14)7-11(12)15/h3,6-7,10H,2,4-5,8H2,1H3. The molecule has 1 saturated carbocycles. The first-order chi connectivity index (χ1) is 9.86. The van der Waals surface area contributed by atoms with Crippen LogP contribution in [0.25, 0.3) is 0 Å². The zero-order chi connectivity index (χ0) is 15.6. The summed E-state index contributed by atoms with van der Waals surface area (Å²) in [4.78, 5) is 10.9. The van der Waals surface area contributed by atoms with Gasteiger partial charge in [0.25, 0.3) is 0 Å². The van der Waals surface area contributed by atoms with Crippen LogP contribution in [0, 0.1) is 11.6 Å². The molecule has 0 bridgehead atoms. The molecule has 0 spiro atoms. The Hall–Kier alpha value is -1.54. The topological polar surface area (TPSA) is 63.7 Å². The molecule has 0 radical (unpaired) electrons. The Bertz CT molecular complexity index is 644. The number of esters is 1. The molecule has 2 rings (SSSR count). The maximum atomic E-state index is 13.7. The van der Waals surface area contributed by atoms with Gasteiger partial charge in [-0.3, -0.25) is 4.79 Å². The van der Waals surface area contributed by atoms with Crippen molar-refractivity contribution in [3.63, 3.8) is 0 Å². The van der Waals surface area contributed by atoms with Crippen LogP contribution >= 0.6 is 0 Å². The van der Waals surface area contributed by atoms with Crippen molar-refractivity contribution < 1.29 is 26.7 Å². The van der Waals surface area contributed by atoms with Crippen molar-refractivity contribution in [2.24, 2.45) is 0 Å². The summed E-state index contributed by atoms with van der Waals surface area (Å²) in [6.07, 6.45) is 1.20. The Morgan fingerprint density at radius 2 is 2.05 bits per heavy atom. The van der Waals surface area contributed by atoms with Crippen molar-refractivity contribution in [1.82, 2.24) is 4.31 Å². The number of nitrogens with zero attached hydrogens (tertiary/aromatic N) is 1. The largest absolute Gasteiger partial charge is 0.465 e. The molecule has 1 aliphatic rings. The SMILES string of the molecule is CCOC(=O)CN(C1CC1)S(=O)(=O)c1ccc(F)cc1F. The second kappa shape index (κ2) is 6.07. The fraction of sp³-hybridized carbons (Fsp3) is 0.462. The van der Waals surface area contributed by atoms with Gasteiger partial charge < -0.3 is 4.74 Å². The van der Waals surface area contributed by atoms with E-state index in [-0.39, 0.29) is 12.6 Å². The number of hydrogen-bond donors (Lipinski definition) is 0. The summed E-state index contributed by atoms with van der Waals surface area (Å²) in [5.74, 6) is -2.74. The van der Waals surface area contributed by atoms with E-state index in [4.69, 9.17) is 4.74 Å². The molecule has 1 fully saturated rings. The zero-order valence-corrected chi connectivity index (χ0v) is 12.2. The number of sulfonamides is 1. The Balaban J connectivity index is 2.31. The zero-order valence-electron chi connectivity index (χ0n) is 11.4. The second-order valence-corrected chi connectivity index (χ2v) is 6.52. The van der Waals surface area contributed by atoms with Crippen molar-refractivity contribution >= 4 is 16.0 Å². The van der Waals surface area contributed by atoms with Crippen LogP contribution in [0.3, 0.4) is 0 Å². The molecule has 5 nitrogen and oxygen atoms in total. The molecule has 0 aromatic heterocycles. The van der Waals surface area contributed by atoms with E-state index < -0.39 is 39.1 Å². The van der Waals surface area contributed by atoms with Gasteiger partial charge in [-0.2, -0.15) is 4.31 Å². The lowest BCUT2D eigenvalue weighted by Crippen LogP contribution is -2.38. The molecule has 0 N–H and O–H groups in total. The molecule has 1 aliphatic carbocycles. The average molecular weight is 319 g/mol. The second-order valence-electron chi connectivity index (χ2n) is 4.66. The van der Waals surface area contributed by atoms with Crippen LogP contribution in [0.2, 0.25) is 0 Å². The molecule has 0 aliphatic heterocycles. The van der Waals surface area contributed by atoms with E-state index in [1.807, 2.05) is 0 Å². The lowest BCUT2D eigenvalue weighted by Gasteiger charge is -2.21. The number of hydrogen-bond acceptors (Lipinski definition) is 4. The van der Waals surface area contributed by atoms with E-state index in [1.54, 1.807) is 6.92 Å². The number of rotatable bonds is 6. The molecule has 0 atom stereocenters. The van der Waals surface area contributed by atoms with E-state index in [9.17, 15) is 22.0 Å². The summed E-state index contributed by atoms with van der Waals surface area (Å²) >= 11 is 0. The molecular weight excluding hydrogens is 304 g/mol. The van der Waals surface area contributed by atoms with Gasteiger partial charge in [0, 0.05) is 12.1 Å². The third-order valence-electron chi connectivity index (χ3n) is 3.02. The number of carbonyl (C=O) groups excluding carboxylic acids is 1. The summed E-state index contributed by atoms with van der Waals surface area (Å²) in [7, 11) is -4.21. The van der Waals surface area contributed by atoms with Crippen molar-refractivity contribution in [3.05, 3.63) is 29.8 Å². The van der Waals surface area contributed by atoms with Crippen molar-refractivity contribution in [2.45, 2.75) is 30.7 Å². The van der Waals surface area contributed by atoms with Gasteiger partial charge in [0.1, 0.15) is 23.1 Å². The number of ether oxygens (including phenoxy) is 1. The monoisotopic (exact) mass is 319 g/mol. The van der Waals surface area contributed by atoms with Crippen LogP contribution in [0.4, 0.5) is 8.78 Å². The first-order valence-corrected chi connectivity index (χ1v) is 7.92. The van der Waals surface area contributed by atoms with E-state index >= 15 is 0 Å². The van der Waals surface area contributed by atoms with E-state index in [2.05, 4.69) is 0 Å². The summed E-state index contributed by atoms with van der Waals surface area (Å²) in [5, 5.41) is 0. The van der Waals surface area contributed by atoms with E-state index in [0.29, 0.717) is 18.9 Å². The number of halogens is 2. The average Bonchev–Trinajstić information content (AvgIpc) is 3.19. The molecular formula is C13H15F2NO4S. The lowest BCUT2D eigenvalue weighted by atomic mass is 10.3. The van der Waals surface area contributed by atoms with Crippen molar-refractivity contribution in [2.75, 3.05) is 13.2 Å². The highest BCUT2D eigenvalue weighted by molar-refractivity contribution is 7.89. The normalized spacial score (nSPS) is 15.2. The number of carbonyl (C=O) groups is 1. The number of benzene rings is 1. The highest BCUT2D eigenvalue weighted by atomic mass is 32.2. The molecule has 0 unspecified atom stereocenters. The maximum Gasteiger partial charge on any atom is 0.321 e. The van der Waals surface area contributed by atoms with Gasteiger partial charge in [-0.05, 0) is 31.9 Å². The first-order valence-electron chi connectivity index (χ1n) is 6.48. The predicted molar refractivity (Wildman–Crippen MR) is 69.9 cm³/mol. The third-order valence-corrected chi connectivity index (χ3v) is 4.96. The first kappa shape index (κ1) is 15.8. The molecule has 0 amide bonds. The van der Waals surface area contributed by atoms with Crippen LogP contribution in [0.15, 0.2) is 23.1 Å². The summed E-state index contributed by atoms with van der Waals surface area (Å²) < 4.78 is 57.1. The fourth-order valence-corrected chi connectivity index (χ4v) is 3.59. The van der Waals surface area contributed by atoms with Gasteiger partial charge in [0.2, 0.25) is 10.0 Å². The fourth-order valence-electron chi connectivity index (χ4n) is 1.92. The van der Waals surface area contributed by atoms with Crippen LogP contribution in [0.1, 0.15) is 19.8 Å². The smallest absolute Gasteiger partial charge is 0.321 e. The molecule has 0 heterocycles. The van der Waals surface area contributed by atoms with Gasteiger partial charge in [-0.1, -0.05) is 0 Å². The van der Waals surface area contributed by atoms with Crippen LogP contribution < -0.4 is 0 Å². The molecule has 21 heavy (non-hydrogen) atoms. The maximum absolute atomic E-state index is 13.7. The minimum Gasteiger partial charge on any atom is -0.465 e. The van der Waals surface area contributed by atoms with Crippen molar-refractivity contribution in [3.8, 4) is 0 Å². The third kappa shape index (κ3) is 3.56. The Morgan fingerprint density at radius 3 is 2.57 bits per heavy atom. The van der Waals surface area contributed by atoms with E-state index in [0.717, 1.165) is 16.4 Å². The van der Waals surface area contributed by atoms with Crippen LogP contribution in [-0.4, -0.2) is 37.9 Å². The molecule has 8 heteroatoms. The highest BCUT2D eigenvalue weighted by Gasteiger charge is 2.40. The summed E-state index contributed by atoms with van der Waals surface area (Å²) in [5.41, 5.74) is 0. The molecule has 0 saturated heterocycles. The molecule has 116 valence electrons. The summed E-state index contributed by atoms with van der Waals surface area (Å²) in [6.45, 7) is 1.26. The van der Waals surface area contributed by atoms with Crippen molar-refractivity contribution in [1.29, 1.82) is 0 Å². The van der Waals surface area contributed by atoms with Crippen LogP contribution in [-0.2, 0) is 19.6 Å². The Kier molecular flexibility index (Phi) is 4.58. The molecule has 1 aromatic rings. The van der Waals surface area contributed by atoms with Gasteiger partial charge in [-0.25, -0.2) is 17.2 Å². The Labute approximate surface area is 121 Å². The molecule has 1 aromatic carbocycles. The lowest BCUT2D eigenvalue weighted by molar-refractivity contribution is -0.143. The minimum absolute atomic E-state index is 0.127. The highest BCUT2D eigenvalue weighted by Crippen LogP contribution is 2.32. The van der Waals surface area contributed by atoms with Gasteiger partial charge in [0.15, 0.2) is 0 Å². The van der Waals surface area contributed by atoms with Gasteiger partial charge in [-0.15, -0.1) is 0 Å². The van der Waals surface area contributed by atoms with Gasteiger partial charge >= 0.3 is 5.97 Å².